The average molecular weight is 237 g/mol. The number of carboxylic acids is 1. The van der Waals surface area contributed by atoms with Crippen molar-refractivity contribution in [2.24, 2.45) is 0 Å². The zero-order valence-corrected chi connectivity index (χ0v) is 9.51. The number of nitrogens with one attached hydrogen (secondary N) is 2. The highest BCUT2D eigenvalue weighted by molar-refractivity contribution is 5.82. The monoisotopic (exact) mass is 237 g/mol. The number of aromatic nitrogens is 1. The first-order valence-electron chi connectivity index (χ1n) is 5.26. The Morgan fingerprint density at radius 3 is 2.82 bits per heavy atom. The van der Waals surface area contributed by atoms with Gasteiger partial charge in [0.05, 0.1) is 0 Å². The van der Waals surface area contributed by atoms with Gasteiger partial charge >= 0.3 is 12.0 Å². The molecule has 3 N–H and O–H groups in total. The Balaban J connectivity index is 2.23. The van der Waals surface area contributed by atoms with Gasteiger partial charge < -0.3 is 15.7 Å². The van der Waals surface area contributed by atoms with Gasteiger partial charge in [0.15, 0.2) is 0 Å². The molecule has 17 heavy (non-hydrogen) atoms. The summed E-state index contributed by atoms with van der Waals surface area (Å²) in [5.41, 5.74) is 0.874. The van der Waals surface area contributed by atoms with Crippen LogP contribution in [-0.4, -0.2) is 34.7 Å². The van der Waals surface area contributed by atoms with Crippen LogP contribution in [0.4, 0.5) is 4.79 Å². The second-order valence-electron chi connectivity index (χ2n) is 3.53. The highest BCUT2D eigenvalue weighted by atomic mass is 16.4. The van der Waals surface area contributed by atoms with Crippen LogP contribution in [0.2, 0.25) is 0 Å². The number of carbonyl (C=O) groups is 2. The van der Waals surface area contributed by atoms with Crippen LogP contribution in [0.3, 0.4) is 0 Å². The largest absolute Gasteiger partial charge is 0.480 e. The van der Waals surface area contributed by atoms with Crippen molar-refractivity contribution >= 4 is 12.0 Å². The summed E-state index contributed by atoms with van der Waals surface area (Å²) in [6, 6.07) is 4.16. The Hall–Kier alpha value is -2.11. The van der Waals surface area contributed by atoms with E-state index in [1.54, 1.807) is 6.20 Å². The lowest BCUT2D eigenvalue weighted by atomic mass is 10.3. The molecule has 1 aromatic rings. The number of pyridine rings is 1. The number of carboxylic acid groups (broad SMARTS) is 1. The molecule has 0 aliphatic rings. The number of amides is 2. The maximum absolute atomic E-state index is 11.2. The molecule has 0 bridgehead atoms. The first-order valence-corrected chi connectivity index (χ1v) is 5.26. The van der Waals surface area contributed by atoms with E-state index in [9.17, 15) is 9.59 Å². The number of hydrogen-bond donors (Lipinski definition) is 3. The predicted octanol–water partition coefficient (Wildman–Crippen LogP) is 0.396. The third kappa shape index (κ3) is 4.96. The molecular formula is C11H15N3O3. The zero-order valence-electron chi connectivity index (χ0n) is 9.51. The summed E-state index contributed by atoms with van der Waals surface area (Å²) in [6.45, 7) is 1.82. The summed E-state index contributed by atoms with van der Waals surface area (Å²) in [5, 5.41) is 13.4. The van der Waals surface area contributed by atoms with Crippen LogP contribution >= 0.6 is 0 Å². The van der Waals surface area contributed by atoms with Crippen LogP contribution in [0.1, 0.15) is 12.6 Å². The predicted molar refractivity (Wildman–Crippen MR) is 61.6 cm³/mol. The Kier molecular flexibility index (Phi) is 4.93. The molecule has 0 aliphatic heterocycles. The van der Waals surface area contributed by atoms with E-state index in [0.29, 0.717) is 13.0 Å². The topological polar surface area (TPSA) is 91.3 Å². The Morgan fingerprint density at radius 2 is 2.24 bits per heavy atom. The van der Waals surface area contributed by atoms with Crippen LogP contribution in [0.15, 0.2) is 24.4 Å². The van der Waals surface area contributed by atoms with Crippen molar-refractivity contribution in [3.63, 3.8) is 0 Å². The van der Waals surface area contributed by atoms with Crippen LogP contribution in [-0.2, 0) is 11.2 Å². The summed E-state index contributed by atoms with van der Waals surface area (Å²) in [7, 11) is 0. The Bertz CT molecular complexity index is 381. The average Bonchev–Trinajstić information content (AvgIpc) is 2.30. The van der Waals surface area contributed by atoms with Gasteiger partial charge in [-0.15, -0.1) is 0 Å². The lowest BCUT2D eigenvalue weighted by molar-refractivity contribution is -0.138. The minimum absolute atomic E-state index is 0.412. The third-order valence-corrected chi connectivity index (χ3v) is 2.11. The molecule has 1 atom stereocenters. The van der Waals surface area contributed by atoms with Crippen molar-refractivity contribution in [1.29, 1.82) is 0 Å². The molecule has 0 saturated heterocycles. The molecule has 2 amide bonds. The van der Waals surface area contributed by atoms with E-state index in [1.165, 1.54) is 6.92 Å². The molecule has 6 heteroatoms. The molecule has 1 rings (SSSR count). The van der Waals surface area contributed by atoms with E-state index in [2.05, 4.69) is 15.6 Å². The van der Waals surface area contributed by atoms with E-state index in [1.807, 2.05) is 18.2 Å². The lowest BCUT2D eigenvalue weighted by Gasteiger charge is -2.10. The Morgan fingerprint density at radius 1 is 1.47 bits per heavy atom. The summed E-state index contributed by atoms with van der Waals surface area (Å²) >= 11 is 0. The molecular weight excluding hydrogens is 222 g/mol. The second kappa shape index (κ2) is 6.47. The first kappa shape index (κ1) is 13.0. The van der Waals surface area contributed by atoms with Gasteiger partial charge in [0, 0.05) is 24.9 Å². The minimum Gasteiger partial charge on any atom is -0.480 e. The minimum atomic E-state index is -1.06. The molecule has 0 aromatic carbocycles. The molecule has 0 radical (unpaired) electrons. The van der Waals surface area contributed by atoms with Crippen molar-refractivity contribution < 1.29 is 14.7 Å². The highest BCUT2D eigenvalue weighted by Gasteiger charge is 2.12. The standard InChI is InChI=1S/C11H15N3O3/c1-8(10(15)16)14-11(17)13-7-5-9-4-2-3-6-12-9/h2-4,6,8H,5,7H2,1H3,(H,15,16)(H2,13,14,17)/t8-/m1/s1. The first-order chi connectivity index (χ1) is 8.09. The molecule has 0 unspecified atom stereocenters. The number of nitrogens with zero attached hydrogens (tertiary/aromatic N) is 1. The summed E-state index contributed by atoms with van der Waals surface area (Å²) in [4.78, 5) is 25.8. The van der Waals surface area contributed by atoms with Crippen LogP contribution in [0, 0.1) is 0 Å². The third-order valence-electron chi connectivity index (χ3n) is 2.11. The molecule has 1 heterocycles. The second-order valence-corrected chi connectivity index (χ2v) is 3.53. The van der Waals surface area contributed by atoms with Crippen molar-refractivity contribution in [2.75, 3.05) is 6.54 Å². The van der Waals surface area contributed by atoms with Gasteiger partial charge in [-0.3, -0.25) is 9.78 Å². The van der Waals surface area contributed by atoms with Crippen LogP contribution < -0.4 is 10.6 Å². The van der Waals surface area contributed by atoms with E-state index < -0.39 is 18.0 Å². The van der Waals surface area contributed by atoms with Gasteiger partial charge in [0.2, 0.25) is 0 Å². The van der Waals surface area contributed by atoms with Crippen molar-refractivity contribution in [2.45, 2.75) is 19.4 Å². The van der Waals surface area contributed by atoms with Gasteiger partial charge in [-0.25, -0.2) is 4.79 Å². The molecule has 92 valence electrons. The van der Waals surface area contributed by atoms with E-state index in [0.717, 1.165) is 5.69 Å². The van der Waals surface area contributed by atoms with Gasteiger partial charge in [0.25, 0.3) is 0 Å². The molecule has 0 saturated carbocycles. The summed E-state index contributed by atoms with van der Waals surface area (Å²) in [5.74, 6) is -1.06. The number of urea groups is 1. The van der Waals surface area contributed by atoms with Gasteiger partial charge in [0.1, 0.15) is 6.04 Å². The smallest absolute Gasteiger partial charge is 0.325 e. The van der Waals surface area contributed by atoms with Gasteiger partial charge in [-0.05, 0) is 19.1 Å². The number of hydrogen-bond acceptors (Lipinski definition) is 3. The van der Waals surface area contributed by atoms with Crippen molar-refractivity contribution in [1.82, 2.24) is 15.6 Å². The molecule has 0 fully saturated rings. The fraction of sp³-hybridized carbons (Fsp3) is 0.364. The number of carbonyl (C=O) groups excluding carboxylic acids is 1. The quantitative estimate of drug-likeness (QED) is 0.691. The fourth-order valence-electron chi connectivity index (χ4n) is 1.16. The molecule has 1 aromatic heterocycles. The maximum atomic E-state index is 11.2. The maximum Gasteiger partial charge on any atom is 0.325 e. The summed E-state index contributed by atoms with van der Waals surface area (Å²) in [6.07, 6.45) is 2.29. The molecule has 6 nitrogen and oxygen atoms in total. The van der Waals surface area contributed by atoms with Crippen molar-refractivity contribution in [3.8, 4) is 0 Å². The fourth-order valence-corrected chi connectivity index (χ4v) is 1.16. The molecule has 0 spiro atoms. The van der Waals surface area contributed by atoms with Crippen LogP contribution in [0.5, 0.6) is 0 Å². The highest BCUT2D eigenvalue weighted by Crippen LogP contribution is 1.92. The van der Waals surface area contributed by atoms with E-state index in [-0.39, 0.29) is 0 Å². The number of aliphatic carboxylic acids is 1. The van der Waals surface area contributed by atoms with Gasteiger partial charge in [-0.1, -0.05) is 6.07 Å². The van der Waals surface area contributed by atoms with Crippen LogP contribution in [0.25, 0.3) is 0 Å². The van der Waals surface area contributed by atoms with E-state index in [4.69, 9.17) is 5.11 Å². The van der Waals surface area contributed by atoms with Gasteiger partial charge in [-0.2, -0.15) is 0 Å². The Labute approximate surface area is 99.1 Å². The normalized spacial score (nSPS) is 11.6. The number of rotatable bonds is 5. The SMILES string of the molecule is C[C@@H](NC(=O)NCCc1ccccn1)C(=O)O. The zero-order chi connectivity index (χ0) is 12.7. The van der Waals surface area contributed by atoms with Crippen molar-refractivity contribution in [3.05, 3.63) is 30.1 Å². The lowest BCUT2D eigenvalue weighted by Crippen LogP contribution is -2.44. The summed E-state index contributed by atoms with van der Waals surface area (Å²) < 4.78 is 0. The molecule has 0 aliphatic carbocycles. The van der Waals surface area contributed by atoms with E-state index >= 15 is 0 Å².